The van der Waals surface area contributed by atoms with Crippen LogP contribution in [0.4, 0.5) is 0 Å². The topological polar surface area (TPSA) is 20.2 Å². The van der Waals surface area contributed by atoms with Crippen LogP contribution in [0.15, 0.2) is 60.7 Å². The smallest absolute Gasteiger partial charge is 0.123 e. The van der Waals surface area contributed by atoms with Gasteiger partial charge < -0.3 is 11.5 Å². The number of hydrogen-bond acceptors (Lipinski definition) is 1. The second-order valence-corrected chi connectivity index (χ2v) is 13.7. The van der Waals surface area contributed by atoms with Crippen molar-refractivity contribution in [1.29, 1.82) is 0 Å². The average molecular weight is 445 g/mol. The maximum atomic E-state index is 11.4. The van der Waals surface area contributed by atoms with Gasteiger partial charge in [-0.25, -0.2) is 0 Å². The first-order valence-corrected chi connectivity index (χ1v) is 11.5. The van der Waals surface area contributed by atoms with Crippen LogP contribution >= 0.6 is 7.92 Å². The molecular weight excluding hydrogens is 406 g/mol. The van der Waals surface area contributed by atoms with Crippen molar-refractivity contribution in [3.63, 3.8) is 0 Å². The SMILES string of the molecule is CC(C)(C)[PH+](C(c1ccccc1)C(O)c1ccccc1)C(C)(C)C.C[CH-]C.[Ni]. The molecule has 1 N–H and O–H groups in total. The molecule has 1 nitrogen and oxygen atoms in total. The Morgan fingerprint density at radius 1 is 0.714 bits per heavy atom. The second kappa shape index (κ2) is 12.1. The van der Waals surface area contributed by atoms with Crippen LogP contribution in [0.2, 0.25) is 0 Å². The van der Waals surface area contributed by atoms with Crippen LogP contribution in [0.5, 0.6) is 0 Å². The van der Waals surface area contributed by atoms with E-state index in [-0.39, 0.29) is 32.5 Å². The predicted octanol–water partition coefficient (Wildman–Crippen LogP) is 7.50. The summed E-state index contributed by atoms with van der Waals surface area (Å²) in [5.41, 5.74) is 2.42. The number of benzene rings is 2. The van der Waals surface area contributed by atoms with E-state index >= 15 is 0 Å². The summed E-state index contributed by atoms with van der Waals surface area (Å²) in [4.78, 5) is 0. The molecule has 2 rings (SSSR count). The first kappa shape index (κ1) is 27.3. The van der Waals surface area contributed by atoms with E-state index in [1.165, 1.54) is 5.56 Å². The minimum Gasteiger partial charge on any atom is -0.384 e. The predicted molar refractivity (Wildman–Crippen MR) is 124 cm³/mol. The van der Waals surface area contributed by atoms with Crippen molar-refractivity contribution < 1.29 is 21.6 Å². The maximum Gasteiger partial charge on any atom is 0.123 e. The molecule has 0 aliphatic heterocycles. The number of hydrogen-bond donors (Lipinski definition) is 1. The molecule has 2 aromatic rings. The Kier molecular flexibility index (Phi) is 11.8. The third kappa shape index (κ3) is 7.98. The number of aliphatic hydroxyl groups excluding tert-OH is 1. The van der Waals surface area contributed by atoms with E-state index in [2.05, 4.69) is 71.9 Å². The summed E-state index contributed by atoms with van der Waals surface area (Å²) < 4.78 is 0. The van der Waals surface area contributed by atoms with E-state index in [0.717, 1.165) is 5.56 Å². The first-order chi connectivity index (χ1) is 12.5. The second-order valence-electron chi connectivity index (χ2n) is 9.23. The standard InChI is InChI=1S/C22H31OP.C3H7.Ni/c1-21(2,3)24(22(4,5)6)20(18-15-11-8-12-16-18)19(23)17-13-9-7-10-14-17;1-3-2;/h7-16,19-20,23H,1-6H3;3H,1-2H3;/q;-1;/p+1. The van der Waals surface area contributed by atoms with Crippen molar-refractivity contribution in [2.45, 2.75) is 77.5 Å². The van der Waals surface area contributed by atoms with Crippen LogP contribution in [0, 0.1) is 6.42 Å². The average Bonchev–Trinajstić information content (AvgIpc) is 2.59. The van der Waals surface area contributed by atoms with Gasteiger partial charge in [-0.15, -0.1) is 0 Å². The Hall–Kier alpha value is -0.676. The quantitative estimate of drug-likeness (QED) is 0.294. The fourth-order valence-electron chi connectivity index (χ4n) is 4.07. The largest absolute Gasteiger partial charge is 0.384 e. The molecule has 2 atom stereocenters. The first-order valence-electron chi connectivity index (χ1n) is 9.93. The van der Waals surface area contributed by atoms with Gasteiger partial charge in [-0.1, -0.05) is 60.7 Å². The summed E-state index contributed by atoms with van der Waals surface area (Å²) in [5.74, 6) is 0. The summed E-state index contributed by atoms with van der Waals surface area (Å²) in [6.07, 6.45) is 1.53. The fourth-order valence-corrected chi connectivity index (χ4v) is 9.22. The molecule has 160 valence electrons. The van der Waals surface area contributed by atoms with Crippen LogP contribution in [0.1, 0.15) is 78.3 Å². The molecule has 0 aliphatic carbocycles. The van der Waals surface area contributed by atoms with Crippen LogP contribution in [-0.4, -0.2) is 15.4 Å². The fraction of sp³-hybridized carbons (Fsp3) is 0.480. The van der Waals surface area contributed by atoms with Gasteiger partial charge in [0.2, 0.25) is 0 Å². The maximum absolute atomic E-state index is 11.4. The van der Waals surface area contributed by atoms with E-state index in [1.54, 1.807) is 0 Å². The van der Waals surface area contributed by atoms with Gasteiger partial charge in [0.25, 0.3) is 0 Å². The molecule has 0 amide bonds. The van der Waals surface area contributed by atoms with Gasteiger partial charge in [0.05, 0.1) is 10.3 Å². The Bertz CT molecular complexity index is 630. The van der Waals surface area contributed by atoms with Crippen LogP contribution in [0.3, 0.4) is 0 Å². The van der Waals surface area contributed by atoms with Crippen molar-refractivity contribution in [3.8, 4) is 0 Å². The van der Waals surface area contributed by atoms with Gasteiger partial charge >= 0.3 is 0 Å². The number of rotatable bonds is 4. The summed E-state index contributed by atoms with van der Waals surface area (Å²) in [6.45, 7) is 18.0. The molecule has 28 heavy (non-hydrogen) atoms. The minimum atomic E-state index is -0.963. The molecule has 0 bridgehead atoms. The van der Waals surface area contributed by atoms with Gasteiger partial charge in [0, 0.05) is 24.4 Å². The molecule has 0 spiro atoms. The molecule has 0 aromatic heterocycles. The zero-order valence-corrected chi connectivity index (χ0v) is 20.8. The summed E-state index contributed by atoms with van der Waals surface area (Å²) in [5, 5.41) is 11.7. The molecule has 0 aliphatic rings. The Labute approximate surface area is 185 Å². The Morgan fingerprint density at radius 2 is 1.04 bits per heavy atom. The van der Waals surface area contributed by atoms with Gasteiger partial charge in [0.15, 0.2) is 0 Å². The van der Waals surface area contributed by atoms with Crippen LogP contribution in [0.25, 0.3) is 0 Å². The molecule has 0 fully saturated rings. The van der Waals surface area contributed by atoms with Crippen LogP contribution < -0.4 is 0 Å². The van der Waals surface area contributed by atoms with Crippen molar-refractivity contribution in [1.82, 2.24) is 0 Å². The van der Waals surface area contributed by atoms with E-state index in [1.807, 2.05) is 50.6 Å². The van der Waals surface area contributed by atoms with Gasteiger partial charge in [-0.3, -0.25) is 0 Å². The van der Waals surface area contributed by atoms with Gasteiger partial charge in [-0.05, 0) is 52.7 Å². The van der Waals surface area contributed by atoms with E-state index in [0.29, 0.717) is 0 Å². The van der Waals surface area contributed by atoms with Crippen molar-refractivity contribution in [2.75, 3.05) is 0 Å². The molecule has 0 saturated carbocycles. The molecule has 0 heterocycles. The van der Waals surface area contributed by atoms with Crippen molar-refractivity contribution >= 4 is 7.92 Å². The third-order valence-corrected chi connectivity index (χ3v) is 9.05. The van der Waals surface area contributed by atoms with Crippen molar-refractivity contribution in [2.24, 2.45) is 0 Å². The Balaban J connectivity index is 0.00000171. The van der Waals surface area contributed by atoms with E-state index < -0.39 is 14.0 Å². The Morgan fingerprint density at radius 3 is 1.36 bits per heavy atom. The summed E-state index contributed by atoms with van der Waals surface area (Å²) in [6, 6.07) is 20.7. The molecule has 2 unspecified atom stereocenters. The van der Waals surface area contributed by atoms with E-state index in [4.69, 9.17) is 0 Å². The number of aliphatic hydroxyl groups is 1. The summed E-state index contributed by atoms with van der Waals surface area (Å²) in [7, 11) is -0.963. The molecular formula is C25H39NiOP. The minimum absolute atomic E-state index is 0. The third-order valence-electron chi connectivity index (χ3n) is 4.54. The molecule has 0 radical (unpaired) electrons. The monoisotopic (exact) mass is 444 g/mol. The normalized spacial score (nSPS) is 13.8. The van der Waals surface area contributed by atoms with Crippen LogP contribution in [-0.2, 0) is 16.5 Å². The van der Waals surface area contributed by atoms with Gasteiger partial charge in [0.1, 0.15) is 11.8 Å². The van der Waals surface area contributed by atoms with E-state index in [9.17, 15) is 5.11 Å². The summed E-state index contributed by atoms with van der Waals surface area (Å²) >= 11 is 0. The zero-order chi connectivity index (χ0) is 20.7. The molecule has 2 aromatic carbocycles. The van der Waals surface area contributed by atoms with Gasteiger partial charge in [-0.2, -0.15) is 13.8 Å². The molecule has 3 heteroatoms. The zero-order valence-electron chi connectivity index (χ0n) is 18.8. The van der Waals surface area contributed by atoms with Crippen molar-refractivity contribution in [3.05, 3.63) is 78.2 Å². The molecule has 0 saturated heterocycles.